The van der Waals surface area contributed by atoms with Gasteiger partial charge in [-0.25, -0.2) is 0 Å². The lowest BCUT2D eigenvalue weighted by Gasteiger charge is -2.23. The molecule has 2 heterocycles. The first-order valence-corrected chi connectivity index (χ1v) is 7.70. The quantitative estimate of drug-likeness (QED) is 0.583. The van der Waals surface area contributed by atoms with Gasteiger partial charge >= 0.3 is 0 Å². The standard InChI is InChI=1S/C16H18N2O7/c1-16(2)24-13-12(23-15(21-3)14(13)25-16)8-22-11-6-4-5-10(18(19)20)9(11)7-17/h4-6,12-15H,8H2,1-3H3/t12-,13?,14-,15-/m1/s1. The van der Waals surface area contributed by atoms with Crippen molar-refractivity contribution in [2.24, 2.45) is 0 Å². The minimum Gasteiger partial charge on any atom is -0.489 e. The summed E-state index contributed by atoms with van der Waals surface area (Å²) in [5, 5.41) is 20.2. The van der Waals surface area contributed by atoms with Crippen LogP contribution in [-0.2, 0) is 18.9 Å². The number of hydrogen-bond donors (Lipinski definition) is 0. The van der Waals surface area contributed by atoms with Crippen LogP contribution < -0.4 is 4.74 Å². The number of rotatable bonds is 5. The molecule has 9 nitrogen and oxygen atoms in total. The zero-order chi connectivity index (χ0) is 18.2. The van der Waals surface area contributed by atoms with E-state index in [1.54, 1.807) is 13.8 Å². The summed E-state index contributed by atoms with van der Waals surface area (Å²) < 4.78 is 28.3. The molecule has 0 spiro atoms. The number of methoxy groups -OCH3 is 1. The Bertz CT molecular complexity index is 715. The Hall–Kier alpha value is -2.25. The summed E-state index contributed by atoms with van der Waals surface area (Å²) in [6.45, 7) is 3.63. The molecule has 0 bridgehead atoms. The monoisotopic (exact) mass is 350 g/mol. The molecular formula is C16H18N2O7. The second-order valence-corrected chi connectivity index (χ2v) is 6.17. The van der Waals surface area contributed by atoms with Crippen LogP contribution in [0.25, 0.3) is 0 Å². The van der Waals surface area contributed by atoms with Crippen LogP contribution >= 0.6 is 0 Å². The van der Waals surface area contributed by atoms with Gasteiger partial charge in [-0.05, 0) is 19.9 Å². The lowest BCUT2D eigenvalue weighted by Crippen LogP contribution is -2.34. The third-order valence-electron chi connectivity index (χ3n) is 4.06. The number of ether oxygens (including phenoxy) is 5. The Morgan fingerprint density at radius 3 is 2.72 bits per heavy atom. The molecule has 2 aliphatic heterocycles. The van der Waals surface area contributed by atoms with Crippen LogP contribution in [0.3, 0.4) is 0 Å². The van der Waals surface area contributed by atoms with E-state index in [1.165, 1.54) is 25.3 Å². The average molecular weight is 350 g/mol. The van der Waals surface area contributed by atoms with Crippen molar-refractivity contribution in [3.8, 4) is 11.8 Å². The van der Waals surface area contributed by atoms with Crippen molar-refractivity contribution in [1.29, 1.82) is 5.26 Å². The normalized spacial score (nSPS) is 29.8. The van der Waals surface area contributed by atoms with Gasteiger partial charge in [0.15, 0.2) is 17.6 Å². The van der Waals surface area contributed by atoms with Crippen molar-refractivity contribution in [3.63, 3.8) is 0 Å². The van der Waals surface area contributed by atoms with Gasteiger partial charge in [-0.3, -0.25) is 10.1 Å². The van der Waals surface area contributed by atoms with Crippen molar-refractivity contribution < 1.29 is 28.6 Å². The molecule has 0 radical (unpaired) electrons. The number of benzene rings is 1. The summed E-state index contributed by atoms with van der Waals surface area (Å²) in [6.07, 6.45) is -1.89. The van der Waals surface area contributed by atoms with Gasteiger partial charge < -0.3 is 23.7 Å². The van der Waals surface area contributed by atoms with Crippen LogP contribution in [0.15, 0.2) is 18.2 Å². The minimum absolute atomic E-state index is 0.0380. The van der Waals surface area contributed by atoms with E-state index in [0.29, 0.717) is 0 Å². The van der Waals surface area contributed by atoms with Gasteiger partial charge in [-0.1, -0.05) is 6.07 Å². The van der Waals surface area contributed by atoms with Crippen LogP contribution in [0.2, 0.25) is 0 Å². The number of nitrogens with zero attached hydrogens (tertiary/aromatic N) is 2. The highest BCUT2D eigenvalue weighted by Crippen LogP contribution is 2.39. The predicted octanol–water partition coefficient (Wildman–Crippen LogP) is 1.74. The van der Waals surface area contributed by atoms with Gasteiger partial charge in [-0.2, -0.15) is 5.26 Å². The molecule has 1 aromatic rings. The van der Waals surface area contributed by atoms with Gasteiger partial charge in [-0.15, -0.1) is 0 Å². The molecule has 0 amide bonds. The highest BCUT2D eigenvalue weighted by Gasteiger charge is 2.55. The smallest absolute Gasteiger partial charge is 0.290 e. The molecule has 134 valence electrons. The Labute approximate surface area is 144 Å². The van der Waals surface area contributed by atoms with Crippen LogP contribution in [0, 0.1) is 21.4 Å². The summed E-state index contributed by atoms with van der Waals surface area (Å²) in [5.74, 6) is -0.645. The molecular weight excluding hydrogens is 332 g/mol. The summed E-state index contributed by atoms with van der Waals surface area (Å²) in [6, 6.07) is 6.03. The minimum atomic E-state index is -0.766. The molecule has 2 aliphatic rings. The van der Waals surface area contributed by atoms with Gasteiger partial charge in [0, 0.05) is 13.2 Å². The fraction of sp³-hybridized carbons (Fsp3) is 0.562. The molecule has 4 atom stereocenters. The second-order valence-electron chi connectivity index (χ2n) is 6.17. The second kappa shape index (κ2) is 6.57. The van der Waals surface area contributed by atoms with E-state index in [2.05, 4.69) is 0 Å². The fourth-order valence-corrected chi connectivity index (χ4v) is 3.04. The van der Waals surface area contributed by atoms with Gasteiger partial charge in [0.2, 0.25) is 0 Å². The fourth-order valence-electron chi connectivity index (χ4n) is 3.04. The van der Waals surface area contributed by atoms with E-state index in [9.17, 15) is 15.4 Å². The molecule has 0 aliphatic carbocycles. The summed E-state index contributed by atoms with van der Waals surface area (Å²) in [4.78, 5) is 10.4. The molecule has 2 fully saturated rings. The summed E-state index contributed by atoms with van der Waals surface area (Å²) in [7, 11) is 1.51. The molecule has 0 N–H and O–H groups in total. The maximum Gasteiger partial charge on any atom is 0.290 e. The van der Waals surface area contributed by atoms with Crippen LogP contribution in [0.1, 0.15) is 19.4 Å². The number of fused-ring (bicyclic) bond motifs is 1. The maximum absolute atomic E-state index is 11.0. The number of nitro benzene ring substituents is 1. The molecule has 3 rings (SSSR count). The SMILES string of the molecule is CO[C@@H]1O[C@H](COc2cccc([N+](=O)[O-])c2C#N)C2OC(C)(C)O[C@H]21. The molecule has 0 aromatic heterocycles. The van der Waals surface area contributed by atoms with Crippen molar-refractivity contribution in [3.05, 3.63) is 33.9 Å². The first-order chi connectivity index (χ1) is 11.9. The average Bonchev–Trinajstić information content (AvgIpc) is 3.05. The van der Waals surface area contributed by atoms with Crippen molar-refractivity contribution in [2.75, 3.05) is 13.7 Å². The maximum atomic E-state index is 11.0. The Kier molecular flexibility index (Phi) is 4.62. The van der Waals surface area contributed by atoms with Crippen molar-refractivity contribution in [1.82, 2.24) is 0 Å². The van der Waals surface area contributed by atoms with Crippen LogP contribution in [-0.4, -0.2) is 49.0 Å². The van der Waals surface area contributed by atoms with Crippen LogP contribution in [0.4, 0.5) is 5.69 Å². The molecule has 1 unspecified atom stereocenters. The highest BCUT2D eigenvalue weighted by atomic mass is 16.8. The number of nitro groups is 1. The van der Waals surface area contributed by atoms with Gasteiger partial charge in [0.05, 0.1) is 4.92 Å². The third kappa shape index (κ3) is 3.29. The van der Waals surface area contributed by atoms with E-state index < -0.39 is 35.3 Å². The molecule has 0 saturated carbocycles. The van der Waals surface area contributed by atoms with E-state index in [-0.39, 0.29) is 23.6 Å². The first kappa shape index (κ1) is 17.6. The Balaban J connectivity index is 1.75. The molecule has 2 saturated heterocycles. The van der Waals surface area contributed by atoms with E-state index in [4.69, 9.17) is 23.7 Å². The zero-order valence-electron chi connectivity index (χ0n) is 14.0. The van der Waals surface area contributed by atoms with E-state index >= 15 is 0 Å². The molecule has 1 aromatic carbocycles. The molecule has 9 heteroatoms. The molecule has 25 heavy (non-hydrogen) atoms. The van der Waals surface area contributed by atoms with Gasteiger partial charge in [0.1, 0.15) is 36.7 Å². The third-order valence-corrected chi connectivity index (χ3v) is 4.06. The zero-order valence-corrected chi connectivity index (χ0v) is 14.0. The lowest BCUT2D eigenvalue weighted by molar-refractivity contribution is -0.385. The highest BCUT2D eigenvalue weighted by molar-refractivity contribution is 5.56. The van der Waals surface area contributed by atoms with E-state index in [0.717, 1.165) is 0 Å². The van der Waals surface area contributed by atoms with Crippen molar-refractivity contribution >= 4 is 5.69 Å². The number of nitriles is 1. The number of hydrogen-bond acceptors (Lipinski definition) is 8. The summed E-state index contributed by atoms with van der Waals surface area (Å²) >= 11 is 0. The predicted molar refractivity (Wildman–Crippen MR) is 82.8 cm³/mol. The van der Waals surface area contributed by atoms with Crippen LogP contribution in [0.5, 0.6) is 5.75 Å². The summed E-state index contributed by atoms with van der Waals surface area (Å²) in [5.41, 5.74) is -0.434. The Morgan fingerprint density at radius 2 is 2.08 bits per heavy atom. The lowest BCUT2D eigenvalue weighted by atomic mass is 10.1. The van der Waals surface area contributed by atoms with Gasteiger partial charge in [0.25, 0.3) is 5.69 Å². The topological polar surface area (TPSA) is 113 Å². The first-order valence-electron chi connectivity index (χ1n) is 7.70. The largest absolute Gasteiger partial charge is 0.489 e. The Morgan fingerprint density at radius 1 is 1.36 bits per heavy atom. The van der Waals surface area contributed by atoms with Crippen molar-refractivity contribution in [2.45, 2.75) is 44.2 Å². The van der Waals surface area contributed by atoms with E-state index in [1.807, 2.05) is 6.07 Å².